The van der Waals surface area contributed by atoms with E-state index in [2.05, 4.69) is 10.4 Å². The topological polar surface area (TPSA) is 70.3 Å². The second-order valence-electron chi connectivity index (χ2n) is 4.46. The molecule has 0 saturated heterocycles. The largest absolute Gasteiger partial charge is 0.390 e. The van der Waals surface area contributed by atoms with Crippen LogP contribution in [0.15, 0.2) is 42.7 Å². The van der Waals surface area contributed by atoms with Gasteiger partial charge in [-0.15, -0.1) is 0 Å². The van der Waals surface area contributed by atoms with E-state index in [1.54, 1.807) is 17.1 Å². The number of hydrogen-bond donors (Lipinski definition) is 3. The summed E-state index contributed by atoms with van der Waals surface area (Å²) in [7, 11) is 1.81. The maximum absolute atomic E-state index is 10.0. The molecule has 0 aliphatic carbocycles. The molecule has 102 valence electrons. The van der Waals surface area contributed by atoms with E-state index in [1.807, 2.05) is 37.4 Å². The molecule has 1 aromatic heterocycles. The maximum Gasteiger partial charge on any atom is 0.108 e. The molecule has 0 aliphatic rings. The Morgan fingerprint density at radius 3 is 2.68 bits per heavy atom. The summed E-state index contributed by atoms with van der Waals surface area (Å²) in [6.45, 7) is 0.658. The summed E-state index contributed by atoms with van der Waals surface area (Å²) in [6, 6.07) is 9.65. The molecule has 0 saturated carbocycles. The van der Waals surface area contributed by atoms with E-state index >= 15 is 0 Å². The van der Waals surface area contributed by atoms with Gasteiger partial charge in [-0.3, -0.25) is 0 Å². The van der Waals surface area contributed by atoms with Crippen LogP contribution in [0.25, 0.3) is 5.69 Å². The van der Waals surface area contributed by atoms with Crippen molar-refractivity contribution in [1.82, 2.24) is 15.1 Å². The normalized spacial score (nSPS) is 14.3. The number of nitrogens with zero attached hydrogens (tertiary/aromatic N) is 2. The van der Waals surface area contributed by atoms with Crippen LogP contribution in [0.4, 0.5) is 0 Å². The van der Waals surface area contributed by atoms with Crippen molar-refractivity contribution in [3.8, 4) is 5.69 Å². The number of aliphatic hydroxyl groups is 2. The molecule has 0 amide bonds. The first kappa shape index (κ1) is 13.7. The fourth-order valence-electron chi connectivity index (χ4n) is 1.88. The van der Waals surface area contributed by atoms with Crippen LogP contribution in [0.5, 0.6) is 0 Å². The first-order valence-electron chi connectivity index (χ1n) is 6.33. The molecule has 0 aliphatic heterocycles. The van der Waals surface area contributed by atoms with Gasteiger partial charge in [0.05, 0.1) is 18.0 Å². The van der Waals surface area contributed by atoms with Gasteiger partial charge < -0.3 is 15.5 Å². The summed E-state index contributed by atoms with van der Waals surface area (Å²) < 4.78 is 1.68. The molecule has 0 bridgehead atoms. The van der Waals surface area contributed by atoms with E-state index < -0.39 is 12.2 Å². The molecular formula is C14H19N3O2. The zero-order valence-electron chi connectivity index (χ0n) is 10.9. The minimum atomic E-state index is -0.911. The fraction of sp³-hybridized carbons (Fsp3) is 0.357. The van der Waals surface area contributed by atoms with Crippen molar-refractivity contribution in [3.05, 3.63) is 48.3 Å². The molecule has 0 radical (unpaired) electrons. The highest BCUT2D eigenvalue weighted by atomic mass is 16.3. The standard InChI is InChI=1S/C14H19N3O2/c1-15-8-7-13(18)14(19)11-9-16-17(10-11)12-5-3-2-4-6-12/h2-6,9-10,13-15,18-19H,7-8H2,1H3. The Kier molecular flexibility index (Phi) is 4.68. The Morgan fingerprint density at radius 2 is 2.00 bits per heavy atom. The Balaban J connectivity index is 2.08. The number of hydrogen-bond acceptors (Lipinski definition) is 4. The number of aliphatic hydroxyl groups excluding tert-OH is 2. The second kappa shape index (κ2) is 6.47. The summed E-state index contributed by atoms with van der Waals surface area (Å²) in [4.78, 5) is 0. The average Bonchev–Trinajstić information content (AvgIpc) is 2.94. The lowest BCUT2D eigenvalue weighted by atomic mass is 10.1. The fourth-order valence-corrected chi connectivity index (χ4v) is 1.88. The van der Waals surface area contributed by atoms with Crippen molar-refractivity contribution < 1.29 is 10.2 Å². The lowest BCUT2D eigenvalue weighted by Gasteiger charge is -2.15. The van der Waals surface area contributed by atoms with Crippen molar-refractivity contribution in [3.63, 3.8) is 0 Å². The SMILES string of the molecule is CNCCC(O)C(O)c1cnn(-c2ccccc2)c1. The van der Waals surface area contributed by atoms with Gasteiger partial charge in [0.15, 0.2) is 0 Å². The number of benzene rings is 1. The number of rotatable bonds is 6. The quantitative estimate of drug-likeness (QED) is 0.722. The van der Waals surface area contributed by atoms with Crippen LogP contribution in [0.3, 0.4) is 0 Å². The summed E-state index contributed by atoms with van der Waals surface area (Å²) in [6.07, 6.45) is 2.11. The zero-order valence-corrected chi connectivity index (χ0v) is 10.9. The van der Waals surface area contributed by atoms with E-state index in [1.165, 1.54) is 0 Å². The molecule has 2 aromatic rings. The molecule has 2 unspecified atom stereocenters. The molecule has 5 nitrogen and oxygen atoms in total. The third-order valence-electron chi connectivity index (χ3n) is 3.02. The Morgan fingerprint density at radius 1 is 1.26 bits per heavy atom. The zero-order chi connectivity index (χ0) is 13.7. The van der Waals surface area contributed by atoms with Crippen LogP contribution in [0, 0.1) is 0 Å². The molecule has 2 rings (SSSR count). The molecule has 0 spiro atoms. The predicted molar refractivity (Wildman–Crippen MR) is 73.1 cm³/mol. The predicted octanol–water partition coefficient (Wildman–Crippen LogP) is 0.876. The summed E-state index contributed by atoms with van der Waals surface area (Å²) in [5.74, 6) is 0. The number of nitrogens with one attached hydrogen (secondary N) is 1. The lowest BCUT2D eigenvalue weighted by molar-refractivity contribution is 0.0140. The first-order valence-corrected chi connectivity index (χ1v) is 6.33. The van der Waals surface area contributed by atoms with Crippen LogP contribution in [-0.4, -0.2) is 39.7 Å². The average molecular weight is 261 g/mol. The molecule has 19 heavy (non-hydrogen) atoms. The number of aromatic nitrogens is 2. The van der Waals surface area contributed by atoms with Gasteiger partial charge in [-0.05, 0) is 32.1 Å². The summed E-state index contributed by atoms with van der Waals surface area (Å²) in [5, 5.41) is 27.0. The van der Waals surface area contributed by atoms with Gasteiger partial charge in [-0.1, -0.05) is 18.2 Å². The van der Waals surface area contributed by atoms with Gasteiger partial charge in [-0.2, -0.15) is 5.10 Å². The minimum Gasteiger partial charge on any atom is -0.390 e. The van der Waals surface area contributed by atoms with Crippen molar-refractivity contribution in [2.75, 3.05) is 13.6 Å². The maximum atomic E-state index is 10.0. The Hall–Kier alpha value is -1.69. The highest BCUT2D eigenvalue weighted by Crippen LogP contribution is 2.19. The third kappa shape index (κ3) is 3.41. The van der Waals surface area contributed by atoms with Gasteiger partial charge in [0.1, 0.15) is 6.10 Å². The number of para-hydroxylation sites is 1. The van der Waals surface area contributed by atoms with E-state index in [0.29, 0.717) is 18.5 Å². The molecule has 1 heterocycles. The molecule has 3 N–H and O–H groups in total. The highest BCUT2D eigenvalue weighted by Gasteiger charge is 2.19. The van der Waals surface area contributed by atoms with Crippen LogP contribution in [0.1, 0.15) is 18.1 Å². The Bertz CT molecular complexity index is 498. The van der Waals surface area contributed by atoms with E-state index in [4.69, 9.17) is 0 Å². The molecule has 2 atom stereocenters. The summed E-state index contributed by atoms with van der Waals surface area (Å²) >= 11 is 0. The van der Waals surface area contributed by atoms with Gasteiger partial charge in [0, 0.05) is 11.8 Å². The van der Waals surface area contributed by atoms with Gasteiger partial charge in [0.2, 0.25) is 0 Å². The second-order valence-corrected chi connectivity index (χ2v) is 4.46. The molecular weight excluding hydrogens is 242 g/mol. The van der Waals surface area contributed by atoms with Crippen LogP contribution < -0.4 is 5.32 Å². The van der Waals surface area contributed by atoms with E-state index in [-0.39, 0.29) is 0 Å². The Labute approximate surface area is 112 Å². The monoisotopic (exact) mass is 261 g/mol. The van der Waals surface area contributed by atoms with Crippen molar-refractivity contribution >= 4 is 0 Å². The van der Waals surface area contributed by atoms with Gasteiger partial charge in [-0.25, -0.2) is 4.68 Å². The minimum absolute atomic E-state index is 0.494. The molecule has 1 aromatic carbocycles. The van der Waals surface area contributed by atoms with Crippen molar-refractivity contribution in [1.29, 1.82) is 0 Å². The first-order chi connectivity index (χ1) is 9.22. The smallest absolute Gasteiger partial charge is 0.108 e. The van der Waals surface area contributed by atoms with Crippen LogP contribution >= 0.6 is 0 Å². The van der Waals surface area contributed by atoms with E-state index in [0.717, 1.165) is 5.69 Å². The highest BCUT2D eigenvalue weighted by molar-refractivity contribution is 5.31. The van der Waals surface area contributed by atoms with Gasteiger partial charge in [0.25, 0.3) is 0 Å². The van der Waals surface area contributed by atoms with Gasteiger partial charge >= 0.3 is 0 Å². The summed E-state index contributed by atoms with van der Waals surface area (Å²) in [5.41, 5.74) is 1.54. The molecule has 5 heteroatoms. The van der Waals surface area contributed by atoms with E-state index in [9.17, 15) is 10.2 Å². The van der Waals surface area contributed by atoms with Crippen LogP contribution in [0.2, 0.25) is 0 Å². The lowest BCUT2D eigenvalue weighted by Crippen LogP contribution is -2.23. The van der Waals surface area contributed by atoms with Crippen molar-refractivity contribution in [2.24, 2.45) is 0 Å². The molecule has 0 fully saturated rings. The van der Waals surface area contributed by atoms with Crippen molar-refractivity contribution in [2.45, 2.75) is 18.6 Å². The third-order valence-corrected chi connectivity index (χ3v) is 3.02. The van der Waals surface area contributed by atoms with Crippen LogP contribution in [-0.2, 0) is 0 Å².